The highest BCUT2D eigenvalue weighted by atomic mass is 16.2. The highest BCUT2D eigenvalue weighted by Gasteiger charge is 2.22. The van der Waals surface area contributed by atoms with Gasteiger partial charge in [-0.1, -0.05) is 0 Å². The molecule has 0 aromatic carbocycles. The average Bonchev–Trinajstić information content (AvgIpc) is 2.78. The number of aromatic nitrogens is 2. The van der Waals surface area contributed by atoms with Crippen molar-refractivity contribution < 1.29 is 4.79 Å². The van der Waals surface area contributed by atoms with E-state index in [0.717, 1.165) is 31.5 Å². The Bertz CT molecular complexity index is 407. The molecule has 1 saturated heterocycles. The van der Waals surface area contributed by atoms with Crippen molar-refractivity contribution in [1.29, 1.82) is 0 Å². The summed E-state index contributed by atoms with van der Waals surface area (Å²) in [6, 6.07) is 0.0752. The zero-order valence-electron chi connectivity index (χ0n) is 11.4. The lowest BCUT2D eigenvalue weighted by Gasteiger charge is -2.30. The zero-order chi connectivity index (χ0) is 13.1. The van der Waals surface area contributed by atoms with E-state index in [2.05, 4.69) is 22.4 Å². The molecular formula is C13H22N4O. The van der Waals surface area contributed by atoms with E-state index in [4.69, 9.17) is 0 Å². The number of piperidine rings is 1. The predicted molar refractivity (Wildman–Crippen MR) is 70.3 cm³/mol. The van der Waals surface area contributed by atoms with Crippen molar-refractivity contribution in [2.24, 2.45) is 0 Å². The van der Waals surface area contributed by atoms with Crippen LogP contribution < -0.4 is 5.32 Å². The van der Waals surface area contributed by atoms with Crippen LogP contribution in [-0.2, 0) is 4.79 Å². The Hall–Kier alpha value is -1.36. The number of carbonyl (C=O) groups excluding carboxylic acids is 1. The van der Waals surface area contributed by atoms with Crippen LogP contribution in [0.4, 0.5) is 0 Å². The summed E-state index contributed by atoms with van der Waals surface area (Å²) >= 11 is 0. The molecule has 0 radical (unpaired) electrons. The Kier molecular flexibility index (Phi) is 4.01. The van der Waals surface area contributed by atoms with Crippen LogP contribution in [0.15, 0.2) is 12.4 Å². The summed E-state index contributed by atoms with van der Waals surface area (Å²) < 4.78 is 1.72. The molecule has 18 heavy (non-hydrogen) atoms. The van der Waals surface area contributed by atoms with Crippen molar-refractivity contribution in [3.63, 3.8) is 0 Å². The number of nitrogens with one attached hydrogen (secondary N) is 1. The average molecular weight is 250 g/mol. The molecule has 1 aromatic rings. The number of rotatable bonds is 3. The van der Waals surface area contributed by atoms with Crippen molar-refractivity contribution in [3.8, 4) is 0 Å². The van der Waals surface area contributed by atoms with E-state index >= 15 is 0 Å². The Balaban J connectivity index is 1.88. The minimum Gasteiger partial charge on any atom is -0.351 e. The molecule has 100 valence electrons. The summed E-state index contributed by atoms with van der Waals surface area (Å²) in [4.78, 5) is 14.4. The first-order valence-electron chi connectivity index (χ1n) is 6.56. The summed E-state index contributed by atoms with van der Waals surface area (Å²) in [6.45, 7) is 5.97. The van der Waals surface area contributed by atoms with Gasteiger partial charge in [-0.05, 0) is 52.4 Å². The lowest BCUT2D eigenvalue weighted by molar-refractivity contribution is -0.125. The first-order valence-corrected chi connectivity index (χ1v) is 6.56. The van der Waals surface area contributed by atoms with Crippen LogP contribution in [0, 0.1) is 6.92 Å². The molecule has 1 amide bonds. The Morgan fingerprint density at radius 1 is 1.50 bits per heavy atom. The van der Waals surface area contributed by atoms with Crippen LogP contribution in [0.3, 0.4) is 0 Å². The summed E-state index contributed by atoms with van der Waals surface area (Å²) in [5.41, 5.74) is 1.08. The van der Waals surface area contributed by atoms with Gasteiger partial charge in [0.1, 0.15) is 6.04 Å². The smallest absolute Gasteiger partial charge is 0.244 e. The third-order valence-corrected chi connectivity index (χ3v) is 3.57. The van der Waals surface area contributed by atoms with Gasteiger partial charge in [-0.3, -0.25) is 9.48 Å². The van der Waals surface area contributed by atoms with E-state index in [-0.39, 0.29) is 11.9 Å². The quantitative estimate of drug-likeness (QED) is 0.869. The maximum absolute atomic E-state index is 12.1. The Morgan fingerprint density at radius 2 is 2.17 bits per heavy atom. The van der Waals surface area contributed by atoms with Crippen LogP contribution in [-0.4, -0.2) is 46.8 Å². The summed E-state index contributed by atoms with van der Waals surface area (Å²) in [6.07, 6.45) is 5.75. The molecule has 1 aliphatic rings. The second-order valence-electron chi connectivity index (χ2n) is 5.26. The van der Waals surface area contributed by atoms with Gasteiger partial charge >= 0.3 is 0 Å². The number of nitrogens with zero attached hydrogens (tertiary/aromatic N) is 3. The molecule has 1 aliphatic heterocycles. The third-order valence-electron chi connectivity index (χ3n) is 3.57. The summed E-state index contributed by atoms with van der Waals surface area (Å²) in [5.74, 6) is 0.0626. The predicted octanol–water partition coefficient (Wildman–Crippen LogP) is 0.963. The fraction of sp³-hybridized carbons (Fsp3) is 0.692. The number of aryl methyl sites for hydroxylation is 1. The van der Waals surface area contributed by atoms with E-state index in [1.54, 1.807) is 10.9 Å². The molecule has 1 fully saturated rings. The standard InChI is InChI=1S/C13H22N4O/c1-10-8-14-17(9-10)11(2)13(18)15-12-4-6-16(3)7-5-12/h8-9,11-12H,4-7H2,1-3H3,(H,15,18). The first-order chi connectivity index (χ1) is 8.56. The number of likely N-dealkylation sites (tertiary alicyclic amines) is 1. The zero-order valence-corrected chi connectivity index (χ0v) is 11.4. The minimum absolute atomic E-state index is 0.0626. The molecule has 2 rings (SSSR count). The molecule has 2 heterocycles. The number of hydrogen-bond acceptors (Lipinski definition) is 3. The topological polar surface area (TPSA) is 50.2 Å². The fourth-order valence-electron chi connectivity index (χ4n) is 2.24. The van der Waals surface area contributed by atoms with Crippen molar-refractivity contribution >= 4 is 5.91 Å². The highest BCUT2D eigenvalue weighted by molar-refractivity contribution is 5.80. The molecular weight excluding hydrogens is 228 g/mol. The van der Waals surface area contributed by atoms with Crippen LogP contribution in [0.25, 0.3) is 0 Å². The fourth-order valence-corrected chi connectivity index (χ4v) is 2.24. The largest absolute Gasteiger partial charge is 0.351 e. The highest BCUT2D eigenvalue weighted by Crippen LogP contribution is 2.11. The van der Waals surface area contributed by atoms with Gasteiger partial charge in [0.2, 0.25) is 5.91 Å². The van der Waals surface area contributed by atoms with Crippen molar-refractivity contribution in [2.45, 2.75) is 38.8 Å². The molecule has 1 aromatic heterocycles. The lowest BCUT2D eigenvalue weighted by Crippen LogP contribution is -2.45. The molecule has 5 nitrogen and oxygen atoms in total. The van der Waals surface area contributed by atoms with Crippen LogP contribution in [0.1, 0.15) is 31.4 Å². The minimum atomic E-state index is -0.238. The second kappa shape index (κ2) is 5.52. The Labute approximate surface area is 108 Å². The maximum Gasteiger partial charge on any atom is 0.244 e. The molecule has 1 unspecified atom stereocenters. The maximum atomic E-state index is 12.1. The summed E-state index contributed by atoms with van der Waals surface area (Å²) in [7, 11) is 2.12. The lowest BCUT2D eigenvalue weighted by atomic mass is 10.1. The monoisotopic (exact) mass is 250 g/mol. The van der Waals surface area contributed by atoms with Crippen molar-refractivity contribution in [3.05, 3.63) is 18.0 Å². The summed E-state index contributed by atoms with van der Waals surface area (Å²) in [5, 5.41) is 7.31. The van der Waals surface area contributed by atoms with Crippen molar-refractivity contribution in [1.82, 2.24) is 20.0 Å². The number of amides is 1. The second-order valence-corrected chi connectivity index (χ2v) is 5.26. The van der Waals surface area contributed by atoms with Gasteiger partial charge < -0.3 is 10.2 Å². The first kappa shape index (κ1) is 13.1. The van der Waals surface area contributed by atoms with Crippen LogP contribution in [0.5, 0.6) is 0 Å². The van der Waals surface area contributed by atoms with Gasteiger partial charge in [-0.25, -0.2) is 0 Å². The molecule has 0 bridgehead atoms. The van der Waals surface area contributed by atoms with Gasteiger partial charge in [0.05, 0.1) is 6.20 Å². The van der Waals surface area contributed by atoms with Crippen molar-refractivity contribution in [2.75, 3.05) is 20.1 Å². The molecule has 5 heteroatoms. The molecule has 1 atom stereocenters. The van der Waals surface area contributed by atoms with E-state index in [9.17, 15) is 4.79 Å². The molecule has 0 saturated carbocycles. The van der Waals surface area contributed by atoms with Gasteiger partial charge in [0, 0.05) is 12.2 Å². The number of hydrogen-bond donors (Lipinski definition) is 1. The van der Waals surface area contributed by atoms with Gasteiger partial charge in [-0.15, -0.1) is 0 Å². The SMILES string of the molecule is Cc1cnn(C(C)C(=O)NC2CCN(C)CC2)c1. The third kappa shape index (κ3) is 3.10. The van der Waals surface area contributed by atoms with Gasteiger partial charge in [0.15, 0.2) is 0 Å². The van der Waals surface area contributed by atoms with Crippen LogP contribution in [0.2, 0.25) is 0 Å². The van der Waals surface area contributed by atoms with Crippen LogP contribution >= 0.6 is 0 Å². The van der Waals surface area contributed by atoms with E-state index in [1.165, 1.54) is 0 Å². The molecule has 1 N–H and O–H groups in total. The van der Waals surface area contributed by atoms with E-state index in [1.807, 2.05) is 20.0 Å². The Morgan fingerprint density at radius 3 is 2.72 bits per heavy atom. The van der Waals surface area contributed by atoms with Gasteiger partial charge in [-0.2, -0.15) is 5.10 Å². The molecule has 0 aliphatic carbocycles. The van der Waals surface area contributed by atoms with E-state index < -0.39 is 0 Å². The molecule has 0 spiro atoms. The number of carbonyl (C=O) groups is 1. The van der Waals surface area contributed by atoms with Gasteiger partial charge in [0.25, 0.3) is 0 Å². The normalized spacial score (nSPS) is 19.7. The van der Waals surface area contributed by atoms with E-state index in [0.29, 0.717) is 6.04 Å².